The number of rotatable bonds is 2. The Morgan fingerprint density at radius 2 is 1.59 bits per heavy atom. The summed E-state index contributed by atoms with van der Waals surface area (Å²) in [7, 11) is 4.46. The molecule has 3 heterocycles. The molecule has 1 atom stereocenters. The molecule has 3 saturated heterocycles. The molecule has 0 unspecified atom stereocenters. The van der Waals surface area contributed by atoms with Crippen LogP contribution in [0.5, 0.6) is 0 Å². The Bertz CT molecular complexity index is 279. The van der Waals surface area contributed by atoms with Gasteiger partial charge in [-0.1, -0.05) is 0 Å². The number of likely N-dealkylation sites (tertiary alicyclic amines) is 2. The van der Waals surface area contributed by atoms with E-state index in [2.05, 4.69) is 40.6 Å². The first-order valence-corrected chi connectivity index (χ1v) is 6.93. The zero-order chi connectivity index (χ0) is 12.0. The van der Waals surface area contributed by atoms with E-state index in [4.69, 9.17) is 0 Å². The highest BCUT2D eigenvalue weighted by Gasteiger charge is 2.55. The van der Waals surface area contributed by atoms with E-state index in [-0.39, 0.29) is 0 Å². The minimum Gasteiger partial charge on any atom is -0.305 e. The van der Waals surface area contributed by atoms with E-state index >= 15 is 0 Å². The van der Waals surface area contributed by atoms with Crippen LogP contribution < -0.4 is 0 Å². The number of hydrogen-bond acceptors (Lipinski definition) is 4. The van der Waals surface area contributed by atoms with Crippen LogP contribution in [0.3, 0.4) is 0 Å². The van der Waals surface area contributed by atoms with Crippen LogP contribution in [-0.2, 0) is 0 Å². The average Bonchev–Trinajstić information content (AvgIpc) is 2.28. The van der Waals surface area contributed by atoms with E-state index in [1.165, 1.54) is 52.5 Å². The van der Waals surface area contributed by atoms with Crippen LogP contribution in [0, 0.1) is 5.41 Å². The van der Waals surface area contributed by atoms with E-state index in [0.717, 1.165) is 6.04 Å². The fourth-order valence-corrected chi connectivity index (χ4v) is 3.76. The quantitative estimate of drug-likeness (QED) is 0.662. The van der Waals surface area contributed by atoms with Gasteiger partial charge in [0.2, 0.25) is 0 Å². The van der Waals surface area contributed by atoms with E-state index in [9.17, 15) is 0 Å². The second-order valence-corrected chi connectivity index (χ2v) is 6.52. The molecule has 4 nitrogen and oxygen atoms in total. The van der Waals surface area contributed by atoms with E-state index in [1.807, 2.05) is 0 Å². The Morgan fingerprint density at radius 1 is 0.941 bits per heavy atom. The van der Waals surface area contributed by atoms with Crippen molar-refractivity contribution in [2.24, 2.45) is 5.41 Å². The Balaban J connectivity index is 1.45. The summed E-state index contributed by atoms with van der Waals surface area (Å²) in [6.07, 6.45) is 0. The first-order valence-electron chi connectivity index (χ1n) is 6.93. The third-order valence-corrected chi connectivity index (χ3v) is 5.10. The normalized spacial score (nSPS) is 35.8. The molecule has 3 aliphatic rings. The van der Waals surface area contributed by atoms with Crippen LogP contribution in [0.4, 0.5) is 0 Å². The third-order valence-electron chi connectivity index (χ3n) is 5.10. The Morgan fingerprint density at radius 3 is 2.12 bits per heavy atom. The highest BCUT2D eigenvalue weighted by molar-refractivity contribution is 5.10. The van der Waals surface area contributed by atoms with Gasteiger partial charge in [-0.2, -0.15) is 0 Å². The van der Waals surface area contributed by atoms with Crippen LogP contribution in [0.2, 0.25) is 0 Å². The summed E-state index contributed by atoms with van der Waals surface area (Å²) in [5, 5.41) is 0. The molecule has 0 amide bonds. The molecule has 3 rings (SSSR count). The van der Waals surface area contributed by atoms with Gasteiger partial charge >= 0.3 is 0 Å². The fourth-order valence-electron chi connectivity index (χ4n) is 3.76. The van der Waals surface area contributed by atoms with E-state index in [0.29, 0.717) is 5.41 Å². The van der Waals surface area contributed by atoms with Gasteiger partial charge in [-0.25, -0.2) is 0 Å². The molecule has 98 valence electrons. The molecule has 1 spiro atoms. The Hall–Kier alpha value is -0.160. The molecular formula is C13H26N4. The molecule has 0 saturated carbocycles. The molecule has 0 aromatic heterocycles. The monoisotopic (exact) mass is 238 g/mol. The minimum absolute atomic E-state index is 0.654. The number of nitrogens with zero attached hydrogens (tertiary/aromatic N) is 4. The van der Waals surface area contributed by atoms with Gasteiger partial charge in [0, 0.05) is 57.3 Å². The SMILES string of the molecule is C[C@@H]1N(CN2CCN(C)CC2)CC12CN(C)C2. The lowest BCUT2D eigenvalue weighted by atomic mass is 9.67. The van der Waals surface area contributed by atoms with Gasteiger partial charge in [-0.3, -0.25) is 9.80 Å². The van der Waals surface area contributed by atoms with Gasteiger partial charge in [-0.15, -0.1) is 0 Å². The molecule has 0 bridgehead atoms. The maximum atomic E-state index is 2.66. The topological polar surface area (TPSA) is 13.0 Å². The van der Waals surface area contributed by atoms with Crippen molar-refractivity contribution >= 4 is 0 Å². The largest absolute Gasteiger partial charge is 0.305 e. The smallest absolute Gasteiger partial charge is 0.0510 e. The fraction of sp³-hybridized carbons (Fsp3) is 1.00. The van der Waals surface area contributed by atoms with Crippen LogP contribution in [0.15, 0.2) is 0 Å². The van der Waals surface area contributed by atoms with E-state index < -0.39 is 0 Å². The van der Waals surface area contributed by atoms with Gasteiger partial charge in [-0.05, 0) is 21.0 Å². The van der Waals surface area contributed by atoms with Gasteiger partial charge in [0.25, 0.3) is 0 Å². The number of hydrogen-bond donors (Lipinski definition) is 0. The second-order valence-electron chi connectivity index (χ2n) is 6.52. The molecule has 0 aromatic rings. The highest BCUT2D eigenvalue weighted by atomic mass is 15.4. The second kappa shape index (κ2) is 4.19. The maximum absolute atomic E-state index is 2.66. The van der Waals surface area contributed by atoms with Gasteiger partial charge in [0.05, 0.1) is 6.67 Å². The molecule has 3 aliphatic heterocycles. The molecule has 0 radical (unpaired) electrons. The maximum Gasteiger partial charge on any atom is 0.0510 e. The van der Waals surface area contributed by atoms with Crippen molar-refractivity contribution in [3.63, 3.8) is 0 Å². The molecular weight excluding hydrogens is 212 g/mol. The van der Waals surface area contributed by atoms with E-state index in [1.54, 1.807) is 0 Å². The summed E-state index contributed by atoms with van der Waals surface area (Å²) in [4.78, 5) is 10.2. The first-order chi connectivity index (χ1) is 8.09. The standard InChI is InChI=1S/C13H26N4/c1-12-13(8-15(3)9-13)10-17(12)11-16-6-4-14(2)5-7-16/h12H,4-11H2,1-3H3/t12-/m0/s1. The zero-order valence-electron chi connectivity index (χ0n) is 11.5. The summed E-state index contributed by atoms with van der Waals surface area (Å²) in [5.74, 6) is 0. The van der Waals surface area contributed by atoms with Crippen molar-refractivity contribution in [3.05, 3.63) is 0 Å². The van der Waals surface area contributed by atoms with Crippen LogP contribution in [-0.4, -0.2) is 92.2 Å². The molecule has 3 fully saturated rings. The lowest BCUT2D eigenvalue weighted by molar-refractivity contribution is -0.166. The van der Waals surface area contributed by atoms with Crippen molar-refractivity contribution in [1.82, 2.24) is 19.6 Å². The first kappa shape index (κ1) is 11.9. The lowest BCUT2D eigenvalue weighted by Gasteiger charge is -2.65. The predicted octanol–water partition coefficient (Wildman–Crippen LogP) is -0.173. The average molecular weight is 238 g/mol. The predicted molar refractivity (Wildman–Crippen MR) is 70.0 cm³/mol. The van der Waals surface area contributed by atoms with Crippen molar-refractivity contribution in [3.8, 4) is 0 Å². The molecule has 0 aromatic carbocycles. The summed E-state index contributed by atoms with van der Waals surface area (Å²) in [6, 6.07) is 0.790. The van der Waals surface area contributed by atoms with Gasteiger partial charge in [0.1, 0.15) is 0 Å². The van der Waals surface area contributed by atoms with Crippen molar-refractivity contribution in [2.75, 3.05) is 66.6 Å². The highest BCUT2D eigenvalue weighted by Crippen LogP contribution is 2.44. The molecule has 4 heteroatoms. The summed E-state index contributed by atoms with van der Waals surface area (Å²) in [6.45, 7) is 12.5. The summed E-state index contributed by atoms with van der Waals surface area (Å²) < 4.78 is 0. The van der Waals surface area contributed by atoms with Crippen LogP contribution in [0.25, 0.3) is 0 Å². The van der Waals surface area contributed by atoms with Crippen LogP contribution >= 0.6 is 0 Å². The summed E-state index contributed by atoms with van der Waals surface area (Å²) in [5.41, 5.74) is 0.654. The summed E-state index contributed by atoms with van der Waals surface area (Å²) >= 11 is 0. The Labute approximate surface area is 105 Å². The van der Waals surface area contributed by atoms with Gasteiger partial charge in [0.15, 0.2) is 0 Å². The van der Waals surface area contributed by atoms with Crippen LogP contribution in [0.1, 0.15) is 6.92 Å². The zero-order valence-corrected chi connectivity index (χ0v) is 11.5. The number of piperazine rings is 1. The van der Waals surface area contributed by atoms with Crippen molar-refractivity contribution in [1.29, 1.82) is 0 Å². The number of likely N-dealkylation sites (N-methyl/N-ethyl adjacent to an activating group) is 1. The third kappa shape index (κ3) is 2.01. The molecule has 0 aliphatic carbocycles. The molecule has 17 heavy (non-hydrogen) atoms. The Kier molecular flexibility index (Phi) is 2.94. The van der Waals surface area contributed by atoms with Gasteiger partial charge < -0.3 is 9.80 Å². The molecule has 0 N–H and O–H groups in total. The van der Waals surface area contributed by atoms with Crippen molar-refractivity contribution in [2.45, 2.75) is 13.0 Å². The lowest BCUT2D eigenvalue weighted by Crippen LogP contribution is -2.76. The van der Waals surface area contributed by atoms with Crippen molar-refractivity contribution < 1.29 is 0 Å². The minimum atomic E-state index is 0.654.